The third kappa shape index (κ3) is 4.94. The van der Waals surface area contributed by atoms with Crippen LogP contribution in [0.15, 0.2) is 0 Å². The van der Waals surface area contributed by atoms with Crippen molar-refractivity contribution in [3.05, 3.63) is 0 Å². The van der Waals surface area contributed by atoms with E-state index in [-0.39, 0.29) is 11.9 Å². The van der Waals surface area contributed by atoms with Crippen LogP contribution < -0.4 is 11.1 Å². The second-order valence-corrected chi connectivity index (χ2v) is 6.63. The number of nitrogens with one attached hydrogen (secondary N) is 1. The second kappa shape index (κ2) is 8.11. The van der Waals surface area contributed by atoms with Gasteiger partial charge >= 0.3 is 0 Å². The van der Waals surface area contributed by atoms with Gasteiger partial charge in [0.05, 0.1) is 6.61 Å². The van der Waals surface area contributed by atoms with E-state index in [1.807, 2.05) is 0 Å². The number of hydrogen-bond donors (Lipinski definition) is 2. The molecule has 1 fully saturated rings. The molecule has 0 spiro atoms. The van der Waals surface area contributed by atoms with E-state index in [1.54, 1.807) is 7.11 Å². The van der Waals surface area contributed by atoms with Crippen LogP contribution in [0.25, 0.3) is 0 Å². The van der Waals surface area contributed by atoms with E-state index >= 15 is 0 Å². The second-order valence-electron chi connectivity index (χ2n) is 6.63. The van der Waals surface area contributed by atoms with E-state index in [2.05, 4.69) is 37.9 Å². The summed E-state index contributed by atoms with van der Waals surface area (Å²) >= 11 is 0. The summed E-state index contributed by atoms with van der Waals surface area (Å²) in [5, 5.41) is 3.48. The number of primary amides is 1. The summed E-state index contributed by atoms with van der Waals surface area (Å²) in [6.45, 7) is 10.7. The lowest BCUT2D eigenvalue weighted by Gasteiger charge is -2.40. The van der Waals surface area contributed by atoms with Gasteiger partial charge in [0, 0.05) is 32.3 Å². The number of nitrogens with zero attached hydrogens (tertiary/aromatic N) is 1. The lowest BCUT2D eigenvalue weighted by atomic mass is 9.89. The average molecular weight is 299 g/mol. The van der Waals surface area contributed by atoms with Gasteiger partial charge in [0.25, 0.3) is 0 Å². The molecule has 0 heterocycles. The minimum atomic E-state index is -0.606. The van der Waals surface area contributed by atoms with Crippen LogP contribution in [0.2, 0.25) is 0 Å². The predicted molar refractivity (Wildman–Crippen MR) is 86.1 cm³/mol. The molecule has 21 heavy (non-hydrogen) atoms. The summed E-state index contributed by atoms with van der Waals surface area (Å²) in [6.07, 6.45) is 3.22. The molecule has 1 aliphatic carbocycles. The molecule has 2 unspecified atom stereocenters. The molecule has 5 heteroatoms. The molecule has 0 aromatic heterocycles. The molecule has 0 bridgehead atoms. The molecule has 3 N–H and O–H groups in total. The van der Waals surface area contributed by atoms with Gasteiger partial charge in [0.1, 0.15) is 5.54 Å². The molecule has 124 valence electrons. The minimum absolute atomic E-state index is 0.218. The van der Waals surface area contributed by atoms with Crippen molar-refractivity contribution in [1.29, 1.82) is 0 Å². The largest absolute Gasteiger partial charge is 0.383 e. The standard InChI is InChI=1S/C16H33N3O2/c1-6-13(4)19(9-10-21-5)11-16(15(17)20,14-7-8-14)18-12(2)3/h12-14,18H,6-11H2,1-5H3,(H2,17,20). The molecule has 1 amide bonds. The maximum atomic E-state index is 12.3. The topological polar surface area (TPSA) is 67.6 Å². The summed E-state index contributed by atoms with van der Waals surface area (Å²) in [5.41, 5.74) is 5.21. The average Bonchev–Trinajstić information content (AvgIpc) is 3.25. The molecule has 2 atom stereocenters. The first-order valence-corrected chi connectivity index (χ1v) is 8.18. The number of hydrogen-bond acceptors (Lipinski definition) is 4. The Kier molecular flexibility index (Phi) is 7.10. The fourth-order valence-corrected chi connectivity index (χ4v) is 2.98. The molecule has 0 aromatic carbocycles. The van der Waals surface area contributed by atoms with Gasteiger partial charge in [-0.1, -0.05) is 6.92 Å². The van der Waals surface area contributed by atoms with Crippen LogP contribution in [0.3, 0.4) is 0 Å². The van der Waals surface area contributed by atoms with E-state index in [0.29, 0.717) is 25.1 Å². The zero-order valence-electron chi connectivity index (χ0n) is 14.3. The van der Waals surface area contributed by atoms with Crippen molar-refractivity contribution >= 4 is 5.91 Å². The first-order valence-electron chi connectivity index (χ1n) is 8.18. The Bertz CT molecular complexity index is 331. The van der Waals surface area contributed by atoms with E-state index in [1.165, 1.54) is 0 Å². The van der Waals surface area contributed by atoms with Crippen molar-refractivity contribution < 1.29 is 9.53 Å². The third-order valence-electron chi connectivity index (χ3n) is 4.51. The van der Waals surface area contributed by atoms with Crippen molar-refractivity contribution in [2.75, 3.05) is 26.8 Å². The Morgan fingerprint density at radius 3 is 2.43 bits per heavy atom. The van der Waals surface area contributed by atoms with Crippen molar-refractivity contribution in [2.24, 2.45) is 11.7 Å². The normalized spacial score (nSPS) is 19.8. The van der Waals surface area contributed by atoms with Crippen molar-refractivity contribution in [2.45, 2.75) is 64.6 Å². The molecule has 1 rings (SSSR count). The van der Waals surface area contributed by atoms with Gasteiger partial charge in [-0.3, -0.25) is 15.0 Å². The first kappa shape index (κ1) is 18.4. The zero-order chi connectivity index (χ0) is 16.0. The van der Waals surface area contributed by atoms with Gasteiger partial charge in [-0.2, -0.15) is 0 Å². The highest BCUT2D eigenvalue weighted by Gasteiger charge is 2.51. The van der Waals surface area contributed by atoms with E-state index in [4.69, 9.17) is 10.5 Å². The Labute approximate surface area is 129 Å². The van der Waals surface area contributed by atoms with Gasteiger partial charge in [-0.15, -0.1) is 0 Å². The van der Waals surface area contributed by atoms with Crippen LogP contribution in [0.4, 0.5) is 0 Å². The molecule has 0 saturated heterocycles. The van der Waals surface area contributed by atoms with Crippen LogP contribution in [-0.2, 0) is 9.53 Å². The molecule has 0 aromatic rings. The van der Waals surface area contributed by atoms with E-state index in [9.17, 15) is 4.79 Å². The highest BCUT2D eigenvalue weighted by atomic mass is 16.5. The Balaban J connectivity index is 2.92. The number of ether oxygens (including phenoxy) is 1. The van der Waals surface area contributed by atoms with E-state index < -0.39 is 5.54 Å². The Morgan fingerprint density at radius 1 is 1.43 bits per heavy atom. The van der Waals surface area contributed by atoms with Gasteiger partial charge in [0.2, 0.25) is 5.91 Å². The fourth-order valence-electron chi connectivity index (χ4n) is 2.98. The monoisotopic (exact) mass is 299 g/mol. The highest BCUT2D eigenvalue weighted by molar-refractivity contribution is 5.86. The van der Waals surface area contributed by atoms with Gasteiger partial charge in [-0.25, -0.2) is 0 Å². The van der Waals surface area contributed by atoms with Crippen LogP contribution >= 0.6 is 0 Å². The maximum Gasteiger partial charge on any atom is 0.239 e. The first-order chi connectivity index (χ1) is 9.87. The predicted octanol–water partition coefficient (Wildman–Crippen LogP) is 1.37. The molecule has 0 radical (unpaired) electrons. The number of amides is 1. The number of nitrogens with two attached hydrogens (primary N) is 1. The number of carbonyl (C=O) groups is 1. The summed E-state index contributed by atoms with van der Waals surface area (Å²) in [6, 6.07) is 0.644. The SMILES string of the molecule is CCC(C)N(CCOC)CC(NC(C)C)(C(N)=O)C1CC1. The fraction of sp³-hybridized carbons (Fsp3) is 0.938. The molecule has 0 aliphatic heterocycles. The lowest BCUT2D eigenvalue weighted by Crippen LogP contribution is -2.65. The Hall–Kier alpha value is -0.650. The molecule has 1 saturated carbocycles. The lowest BCUT2D eigenvalue weighted by molar-refractivity contribution is -0.127. The summed E-state index contributed by atoms with van der Waals surface area (Å²) < 4.78 is 5.22. The van der Waals surface area contributed by atoms with Crippen LogP contribution in [0.1, 0.15) is 47.0 Å². The van der Waals surface area contributed by atoms with E-state index in [0.717, 1.165) is 25.8 Å². The summed E-state index contributed by atoms with van der Waals surface area (Å²) in [7, 11) is 1.71. The quantitative estimate of drug-likeness (QED) is 0.604. The number of rotatable bonds is 11. The molecular formula is C16H33N3O2. The number of methoxy groups -OCH3 is 1. The van der Waals surface area contributed by atoms with Gasteiger partial charge in [-0.05, 0) is 46.0 Å². The van der Waals surface area contributed by atoms with Gasteiger partial charge in [0.15, 0.2) is 0 Å². The maximum absolute atomic E-state index is 12.3. The molecule has 5 nitrogen and oxygen atoms in total. The highest BCUT2D eigenvalue weighted by Crippen LogP contribution is 2.40. The van der Waals surface area contributed by atoms with Gasteiger partial charge < -0.3 is 10.5 Å². The molecule has 1 aliphatic rings. The van der Waals surface area contributed by atoms with Crippen molar-refractivity contribution in [1.82, 2.24) is 10.2 Å². The van der Waals surface area contributed by atoms with Crippen molar-refractivity contribution in [3.8, 4) is 0 Å². The summed E-state index contributed by atoms with van der Waals surface area (Å²) in [4.78, 5) is 14.6. The van der Waals surface area contributed by atoms with Crippen molar-refractivity contribution in [3.63, 3.8) is 0 Å². The smallest absolute Gasteiger partial charge is 0.239 e. The zero-order valence-corrected chi connectivity index (χ0v) is 14.3. The third-order valence-corrected chi connectivity index (χ3v) is 4.51. The minimum Gasteiger partial charge on any atom is -0.383 e. The van der Waals surface area contributed by atoms with Crippen LogP contribution in [0, 0.1) is 5.92 Å². The number of carbonyl (C=O) groups excluding carboxylic acids is 1. The summed E-state index contributed by atoms with van der Waals surface area (Å²) in [5.74, 6) is 0.149. The van der Waals surface area contributed by atoms with Crippen LogP contribution in [0.5, 0.6) is 0 Å². The molecular weight excluding hydrogens is 266 g/mol. The Morgan fingerprint density at radius 2 is 2.05 bits per heavy atom. The van der Waals surface area contributed by atoms with Crippen LogP contribution in [-0.4, -0.2) is 55.2 Å².